The molecule has 1 fully saturated rings. The molecule has 0 saturated carbocycles. The zero-order chi connectivity index (χ0) is 17.8. The maximum absolute atomic E-state index is 11.9. The molecule has 2 aromatic heterocycles. The maximum atomic E-state index is 11.9. The average molecular weight is 346 g/mol. The molecule has 3 rings (SSSR count). The van der Waals surface area contributed by atoms with Crippen LogP contribution in [0.4, 0.5) is 0 Å². The monoisotopic (exact) mass is 346 g/mol. The molecule has 134 valence electrons. The van der Waals surface area contributed by atoms with E-state index in [9.17, 15) is 9.59 Å². The molecule has 25 heavy (non-hydrogen) atoms. The van der Waals surface area contributed by atoms with Gasteiger partial charge in [0, 0.05) is 31.6 Å². The number of aryl methyl sites for hydroxylation is 2. The number of nitrogens with one attached hydrogen (secondary N) is 1. The van der Waals surface area contributed by atoms with Gasteiger partial charge >= 0.3 is 0 Å². The highest BCUT2D eigenvalue weighted by Crippen LogP contribution is 2.29. The van der Waals surface area contributed by atoms with Crippen LogP contribution in [0.2, 0.25) is 0 Å². The number of nitrogens with zero attached hydrogens (tertiary/aromatic N) is 3. The Hall–Kier alpha value is -2.64. The van der Waals surface area contributed by atoms with Gasteiger partial charge in [-0.1, -0.05) is 0 Å². The van der Waals surface area contributed by atoms with Gasteiger partial charge in [0.15, 0.2) is 6.61 Å². The van der Waals surface area contributed by atoms with Gasteiger partial charge in [-0.05, 0) is 26.7 Å². The topological polar surface area (TPSA) is 97.6 Å². The van der Waals surface area contributed by atoms with Crippen LogP contribution in [0.5, 0.6) is 5.88 Å². The van der Waals surface area contributed by atoms with Gasteiger partial charge in [0.2, 0.25) is 17.5 Å². The third-order valence-electron chi connectivity index (χ3n) is 4.37. The largest absolute Gasteiger partial charge is 0.467 e. The maximum Gasteiger partial charge on any atom is 0.258 e. The van der Waals surface area contributed by atoms with Crippen molar-refractivity contribution < 1.29 is 18.7 Å². The van der Waals surface area contributed by atoms with Crippen molar-refractivity contribution in [3.8, 4) is 5.88 Å². The fourth-order valence-electron chi connectivity index (χ4n) is 2.88. The van der Waals surface area contributed by atoms with E-state index in [1.807, 2.05) is 18.7 Å². The summed E-state index contributed by atoms with van der Waals surface area (Å²) in [4.78, 5) is 33.4. The van der Waals surface area contributed by atoms with Crippen molar-refractivity contribution >= 4 is 22.9 Å². The van der Waals surface area contributed by atoms with Gasteiger partial charge in [0.05, 0.1) is 0 Å². The molecular formula is C17H22N4O4. The highest BCUT2D eigenvalue weighted by molar-refractivity contribution is 5.84. The number of furan rings is 1. The van der Waals surface area contributed by atoms with Gasteiger partial charge in [0.25, 0.3) is 5.91 Å². The molecule has 1 N–H and O–H groups in total. The number of carbonyl (C=O) groups is 2. The smallest absolute Gasteiger partial charge is 0.258 e. The van der Waals surface area contributed by atoms with Crippen LogP contribution in [0.15, 0.2) is 10.7 Å². The number of amides is 2. The van der Waals surface area contributed by atoms with Gasteiger partial charge in [0.1, 0.15) is 17.5 Å². The van der Waals surface area contributed by atoms with Crippen molar-refractivity contribution in [2.24, 2.45) is 0 Å². The minimum absolute atomic E-state index is 0.127. The van der Waals surface area contributed by atoms with Crippen LogP contribution >= 0.6 is 0 Å². The van der Waals surface area contributed by atoms with E-state index in [-0.39, 0.29) is 18.4 Å². The predicted molar refractivity (Wildman–Crippen MR) is 90.2 cm³/mol. The number of hydrogen-bond donors (Lipinski definition) is 1. The summed E-state index contributed by atoms with van der Waals surface area (Å²) in [5.41, 5.74) is 1.36. The highest BCUT2D eigenvalue weighted by Gasteiger charge is 2.19. The van der Waals surface area contributed by atoms with Gasteiger partial charge < -0.3 is 19.4 Å². The van der Waals surface area contributed by atoms with Crippen molar-refractivity contribution in [2.45, 2.75) is 33.1 Å². The lowest BCUT2D eigenvalue weighted by atomic mass is 10.2. The lowest BCUT2D eigenvalue weighted by molar-refractivity contribution is -0.127. The van der Waals surface area contributed by atoms with E-state index < -0.39 is 0 Å². The highest BCUT2D eigenvalue weighted by atomic mass is 16.5. The van der Waals surface area contributed by atoms with E-state index in [1.54, 1.807) is 0 Å². The summed E-state index contributed by atoms with van der Waals surface area (Å²) in [7, 11) is 0. The Bertz CT molecular complexity index is 786. The molecule has 8 heteroatoms. The number of hydrogen-bond acceptors (Lipinski definition) is 6. The van der Waals surface area contributed by atoms with E-state index in [4.69, 9.17) is 9.15 Å². The Morgan fingerprint density at radius 2 is 2.24 bits per heavy atom. The Kier molecular flexibility index (Phi) is 5.16. The zero-order valence-electron chi connectivity index (χ0n) is 14.5. The molecule has 0 bridgehead atoms. The summed E-state index contributed by atoms with van der Waals surface area (Å²) in [6.45, 7) is 5.63. The summed E-state index contributed by atoms with van der Waals surface area (Å²) in [6, 6.07) is 0. The van der Waals surface area contributed by atoms with Crippen molar-refractivity contribution in [3.05, 3.63) is 17.7 Å². The number of carbonyl (C=O) groups excluding carboxylic acids is 2. The molecule has 2 amide bonds. The Morgan fingerprint density at radius 3 is 3.00 bits per heavy atom. The molecule has 0 radical (unpaired) electrons. The zero-order valence-corrected chi connectivity index (χ0v) is 14.5. The lowest BCUT2D eigenvalue weighted by Crippen LogP contribution is -2.33. The molecule has 0 unspecified atom stereocenters. The number of ether oxygens (including phenoxy) is 1. The molecule has 0 aliphatic carbocycles. The first-order valence-electron chi connectivity index (χ1n) is 8.44. The fraction of sp³-hybridized carbons (Fsp3) is 0.529. The van der Waals surface area contributed by atoms with Gasteiger partial charge in [-0.15, -0.1) is 0 Å². The predicted octanol–water partition coefficient (Wildman–Crippen LogP) is 1.35. The molecule has 3 heterocycles. The van der Waals surface area contributed by atoms with Crippen LogP contribution in [-0.2, 0) is 9.59 Å². The van der Waals surface area contributed by atoms with Gasteiger partial charge in [-0.25, -0.2) is 9.97 Å². The summed E-state index contributed by atoms with van der Waals surface area (Å²) < 4.78 is 11.1. The number of rotatable bonds is 7. The Labute approximate surface area is 145 Å². The van der Waals surface area contributed by atoms with Crippen LogP contribution in [0.3, 0.4) is 0 Å². The Balaban J connectivity index is 1.45. The normalized spacial score (nSPS) is 14.3. The van der Waals surface area contributed by atoms with Crippen molar-refractivity contribution in [1.82, 2.24) is 20.2 Å². The third kappa shape index (κ3) is 3.89. The average Bonchev–Trinajstić information content (AvgIpc) is 3.13. The first-order valence-corrected chi connectivity index (χ1v) is 8.44. The molecule has 1 aliphatic rings. The summed E-state index contributed by atoms with van der Waals surface area (Å²) in [5.74, 6) is 1.07. The van der Waals surface area contributed by atoms with Crippen molar-refractivity contribution in [3.63, 3.8) is 0 Å². The number of aromatic nitrogens is 2. The second-order valence-corrected chi connectivity index (χ2v) is 6.12. The minimum atomic E-state index is -0.225. The van der Waals surface area contributed by atoms with Gasteiger partial charge in [-0.3, -0.25) is 9.59 Å². The first-order chi connectivity index (χ1) is 12.1. The van der Waals surface area contributed by atoms with Crippen LogP contribution in [0.25, 0.3) is 11.1 Å². The SMILES string of the molecule is Cc1oc2ncnc(OCC(=O)NCCCN3CCCC3=O)c2c1C. The first kappa shape index (κ1) is 17.2. The minimum Gasteiger partial charge on any atom is -0.467 e. The van der Waals surface area contributed by atoms with Crippen LogP contribution in [0.1, 0.15) is 30.6 Å². The molecule has 2 aromatic rings. The summed E-state index contributed by atoms with van der Waals surface area (Å²) in [5, 5.41) is 3.49. The van der Waals surface area contributed by atoms with Crippen LogP contribution < -0.4 is 10.1 Å². The van der Waals surface area contributed by atoms with Crippen LogP contribution in [-0.4, -0.2) is 52.9 Å². The molecule has 1 aliphatic heterocycles. The van der Waals surface area contributed by atoms with Crippen LogP contribution in [0, 0.1) is 13.8 Å². The summed E-state index contributed by atoms with van der Waals surface area (Å²) in [6.07, 6.45) is 3.65. The third-order valence-corrected chi connectivity index (χ3v) is 4.37. The van der Waals surface area contributed by atoms with E-state index in [0.29, 0.717) is 36.5 Å². The molecule has 0 aromatic carbocycles. The molecule has 1 saturated heterocycles. The lowest BCUT2D eigenvalue weighted by Gasteiger charge is -2.15. The quantitative estimate of drug-likeness (QED) is 0.760. The number of fused-ring (bicyclic) bond motifs is 1. The molecule has 0 atom stereocenters. The van der Waals surface area contributed by atoms with E-state index >= 15 is 0 Å². The van der Waals surface area contributed by atoms with Crippen molar-refractivity contribution in [1.29, 1.82) is 0 Å². The second kappa shape index (κ2) is 7.50. The van der Waals surface area contributed by atoms with E-state index in [1.165, 1.54) is 6.33 Å². The summed E-state index contributed by atoms with van der Waals surface area (Å²) >= 11 is 0. The number of likely N-dealkylation sites (tertiary alicyclic amines) is 1. The standard InChI is InChI=1S/C17H22N4O4/c1-11-12(2)25-17-15(11)16(19-10-20-17)24-9-13(22)18-6-4-8-21-7-3-5-14(21)23/h10H,3-9H2,1-2H3,(H,18,22). The molecule has 0 spiro atoms. The Morgan fingerprint density at radius 1 is 1.40 bits per heavy atom. The van der Waals surface area contributed by atoms with Crippen molar-refractivity contribution in [2.75, 3.05) is 26.2 Å². The fourth-order valence-corrected chi connectivity index (χ4v) is 2.88. The second-order valence-electron chi connectivity index (χ2n) is 6.12. The molecular weight excluding hydrogens is 324 g/mol. The van der Waals surface area contributed by atoms with E-state index in [2.05, 4.69) is 15.3 Å². The molecule has 8 nitrogen and oxygen atoms in total. The van der Waals surface area contributed by atoms with E-state index in [0.717, 1.165) is 30.7 Å². The van der Waals surface area contributed by atoms with Gasteiger partial charge in [-0.2, -0.15) is 0 Å².